The van der Waals surface area contributed by atoms with Gasteiger partial charge in [-0.15, -0.1) is 0 Å². The second-order valence-electron chi connectivity index (χ2n) is 4.21. The molecule has 0 aromatic rings. The van der Waals surface area contributed by atoms with E-state index in [2.05, 4.69) is 6.92 Å². The van der Waals surface area contributed by atoms with Gasteiger partial charge in [0.15, 0.2) is 0 Å². The van der Waals surface area contributed by atoms with Gasteiger partial charge in [0.2, 0.25) is 0 Å². The SMILES string of the molecule is CCCCC(CCC(=O)OCCC(C)=O)OC. The summed E-state index contributed by atoms with van der Waals surface area (Å²) in [5.41, 5.74) is 0. The number of unbranched alkanes of at least 4 members (excludes halogenated alkanes) is 1. The number of Topliss-reactive ketones (excluding diaryl/α,β-unsaturated/α-hetero) is 1. The fourth-order valence-corrected chi connectivity index (χ4v) is 1.47. The Hall–Kier alpha value is -0.900. The molecule has 1 unspecified atom stereocenters. The Morgan fingerprint density at radius 1 is 1.18 bits per heavy atom. The van der Waals surface area contributed by atoms with Crippen molar-refractivity contribution in [1.82, 2.24) is 0 Å². The summed E-state index contributed by atoms with van der Waals surface area (Å²) in [6.45, 7) is 3.81. The molecule has 0 spiro atoms. The highest BCUT2D eigenvalue weighted by atomic mass is 16.5. The van der Waals surface area contributed by atoms with Crippen LogP contribution in [0.5, 0.6) is 0 Å². The minimum absolute atomic E-state index is 0.0375. The van der Waals surface area contributed by atoms with Crippen molar-refractivity contribution in [2.45, 2.75) is 58.5 Å². The van der Waals surface area contributed by atoms with Crippen molar-refractivity contribution in [3.8, 4) is 0 Å². The van der Waals surface area contributed by atoms with Gasteiger partial charge in [0.25, 0.3) is 0 Å². The third-order valence-corrected chi connectivity index (χ3v) is 2.60. The highest BCUT2D eigenvalue weighted by molar-refractivity contribution is 5.76. The molecule has 4 nitrogen and oxygen atoms in total. The van der Waals surface area contributed by atoms with Crippen molar-refractivity contribution in [1.29, 1.82) is 0 Å². The smallest absolute Gasteiger partial charge is 0.305 e. The molecule has 0 rings (SSSR count). The van der Waals surface area contributed by atoms with Crippen LogP contribution in [0.4, 0.5) is 0 Å². The van der Waals surface area contributed by atoms with Crippen LogP contribution in [0.15, 0.2) is 0 Å². The normalized spacial score (nSPS) is 12.2. The van der Waals surface area contributed by atoms with Crippen molar-refractivity contribution in [3.05, 3.63) is 0 Å². The highest BCUT2D eigenvalue weighted by Crippen LogP contribution is 2.10. The molecule has 0 bridgehead atoms. The Balaban J connectivity index is 3.62. The Bertz CT molecular complexity index is 225. The molecule has 0 aromatic heterocycles. The fraction of sp³-hybridized carbons (Fsp3) is 0.846. The maximum Gasteiger partial charge on any atom is 0.305 e. The molecular weight excluding hydrogens is 220 g/mol. The summed E-state index contributed by atoms with van der Waals surface area (Å²) in [4.78, 5) is 22.0. The van der Waals surface area contributed by atoms with Crippen molar-refractivity contribution in [3.63, 3.8) is 0 Å². The lowest BCUT2D eigenvalue weighted by Gasteiger charge is -2.14. The van der Waals surface area contributed by atoms with Crippen LogP contribution >= 0.6 is 0 Å². The van der Waals surface area contributed by atoms with Crippen LogP contribution in [0.3, 0.4) is 0 Å². The lowest BCUT2D eigenvalue weighted by atomic mass is 10.1. The summed E-state index contributed by atoms with van der Waals surface area (Å²) >= 11 is 0. The van der Waals surface area contributed by atoms with Crippen LogP contribution in [0.25, 0.3) is 0 Å². The van der Waals surface area contributed by atoms with E-state index in [1.54, 1.807) is 7.11 Å². The van der Waals surface area contributed by atoms with Crippen LogP contribution < -0.4 is 0 Å². The maximum absolute atomic E-state index is 11.3. The molecule has 0 aliphatic carbocycles. The molecule has 0 fully saturated rings. The number of methoxy groups -OCH3 is 1. The molecule has 0 saturated carbocycles. The number of ketones is 1. The summed E-state index contributed by atoms with van der Waals surface area (Å²) < 4.78 is 10.2. The minimum Gasteiger partial charge on any atom is -0.465 e. The maximum atomic E-state index is 11.3. The zero-order valence-corrected chi connectivity index (χ0v) is 11.2. The minimum atomic E-state index is -0.246. The first-order valence-corrected chi connectivity index (χ1v) is 6.28. The van der Waals surface area contributed by atoms with E-state index in [0.717, 1.165) is 19.3 Å². The fourth-order valence-electron chi connectivity index (χ4n) is 1.47. The average Bonchev–Trinajstić information content (AvgIpc) is 2.29. The van der Waals surface area contributed by atoms with Crippen molar-refractivity contribution in [2.75, 3.05) is 13.7 Å². The molecule has 0 radical (unpaired) electrons. The summed E-state index contributed by atoms with van der Waals surface area (Å²) in [6.07, 6.45) is 4.70. The van der Waals surface area contributed by atoms with Gasteiger partial charge in [0.1, 0.15) is 5.78 Å². The van der Waals surface area contributed by atoms with E-state index < -0.39 is 0 Å². The van der Waals surface area contributed by atoms with E-state index in [9.17, 15) is 9.59 Å². The highest BCUT2D eigenvalue weighted by Gasteiger charge is 2.11. The number of hydrogen-bond acceptors (Lipinski definition) is 4. The van der Waals surface area contributed by atoms with Crippen LogP contribution in [-0.4, -0.2) is 31.6 Å². The number of esters is 1. The summed E-state index contributed by atoms with van der Waals surface area (Å²) in [5.74, 6) is -0.208. The molecule has 4 heteroatoms. The van der Waals surface area contributed by atoms with Gasteiger partial charge in [-0.3, -0.25) is 9.59 Å². The summed E-state index contributed by atoms with van der Waals surface area (Å²) in [5, 5.41) is 0. The monoisotopic (exact) mass is 244 g/mol. The standard InChI is InChI=1S/C13H24O4/c1-4-5-6-12(16-3)7-8-13(15)17-10-9-11(2)14/h12H,4-10H2,1-3H3. The molecular formula is C13H24O4. The van der Waals surface area contributed by atoms with E-state index in [-0.39, 0.29) is 24.5 Å². The second kappa shape index (κ2) is 10.3. The number of rotatable bonds is 10. The number of hydrogen-bond donors (Lipinski definition) is 0. The molecule has 0 aliphatic heterocycles. The topological polar surface area (TPSA) is 52.6 Å². The molecule has 0 amide bonds. The van der Waals surface area contributed by atoms with Gasteiger partial charge in [-0.05, 0) is 19.8 Å². The van der Waals surface area contributed by atoms with Crippen molar-refractivity contribution in [2.24, 2.45) is 0 Å². The van der Waals surface area contributed by atoms with Gasteiger partial charge < -0.3 is 9.47 Å². The average molecular weight is 244 g/mol. The van der Waals surface area contributed by atoms with E-state index in [4.69, 9.17) is 9.47 Å². The lowest BCUT2D eigenvalue weighted by Crippen LogP contribution is -2.15. The first-order chi connectivity index (χ1) is 8.10. The number of ether oxygens (including phenoxy) is 2. The first kappa shape index (κ1) is 16.1. The molecule has 0 heterocycles. The first-order valence-electron chi connectivity index (χ1n) is 6.28. The number of carbonyl (C=O) groups excluding carboxylic acids is 2. The quantitative estimate of drug-likeness (QED) is 0.554. The van der Waals surface area contributed by atoms with Gasteiger partial charge in [-0.2, -0.15) is 0 Å². The van der Waals surface area contributed by atoms with E-state index in [0.29, 0.717) is 19.3 Å². The number of carbonyl (C=O) groups is 2. The molecule has 0 aromatic carbocycles. The van der Waals surface area contributed by atoms with Crippen LogP contribution in [0.2, 0.25) is 0 Å². The summed E-state index contributed by atoms with van der Waals surface area (Å²) in [6, 6.07) is 0. The Morgan fingerprint density at radius 2 is 1.88 bits per heavy atom. The largest absolute Gasteiger partial charge is 0.465 e. The zero-order chi connectivity index (χ0) is 13.1. The zero-order valence-electron chi connectivity index (χ0n) is 11.2. The Kier molecular flexibility index (Phi) is 9.72. The van der Waals surface area contributed by atoms with Gasteiger partial charge in [0, 0.05) is 20.0 Å². The van der Waals surface area contributed by atoms with Gasteiger partial charge in [0.05, 0.1) is 12.7 Å². The Labute approximate surface area is 104 Å². The van der Waals surface area contributed by atoms with Crippen LogP contribution in [-0.2, 0) is 19.1 Å². The van der Waals surface area contributed by atoms with E-state index >= 15 is 0 Å². The van der Waals surface area contributed by atoms with Crippen molar-refractivity contribution < 1.29 is 19.1 Å². The van der Waals surface area contributed by atoms with Gasteiger partial charge in [-0.1, -0.05) is 19.8 Å². The van der Waals surface area contributed by atoms with Crippen LogP contribution in [0, 0.1) is 0 Å². The van der Waals surface area contributed by atoms with Crippen molar-refractivity contribution >= 4 is 11.8 Å². The molecule has 17 heavy (non-hydrogen) atoms. The van der Waals surface area contributed by atoms with Gasteiger partial charge in [-0.25, -0.2) is 0 Å². The van der Waals surface area contributed by atoms with E-state index in [1.165, 1.54) is 6.92 Å². The van der Waals surface area contributed by atoms with Gasteiger partial charge >= 0.3 is 5.97 Å². The molecule has 1 atom stereocenters. The molecule has 100 valence electrons. The summed E-state index contributed by atoms with van der Waals surface area (Å²) in [7, 11) is 1.67. The Morgan fingerprint density at radius 3 is 2.41 bits per heavy atom. The molecule has 0 aliphatic rings. The van der Waals surface area contributed by atoms with E-state index in [1.807, 2.05) is 0 Å². The second-order valence-corrected chi connectivity index (χ2v) is 4.21. The molecule has 0 N–H and O–H groups in total. The lowest BCUT2D eigenvalue weighted by molar-refractivity contribution is -0.144. The van der Waals surface area contributed by atoms with Crippen LogP contribution in [0.1, 0.15) is 52.4 Å². The third-order valence-electron chi connectivity index (χ3n) is 2.60. The third kappa shape index (κ3) is 10.00. The molecule has 0 saturated heterocycles. The predicted octanol–water partition coefficient (Wildman–Crippen LogP) is 2.49. The predicted molar refractivity (Wildman–Crippen MR) is 65.8 cm³/mol.